The van der Waals surface area contributed by atoms with Gasteiger partial charge >= 0.3 is 0 Å². The first-order valence-corrected chi connectivity index (χ1v) is 7.64. The van der Waals surface area contributed by atoms with Gasteiger partial charge in [0.2, 0.25) is 0 Å². The van der Waals surface area contributed by atoms with Crippen LogP contribution in [-0.4, -0.2) is 36.6 Å². The molecule has 0 aliphatic carbocycles. The van der Waals surface area contributed by atoms with Gasteiger partial charge in [0.1, 0.15) is 0 Å². The van der Waals surface area contributed by atoms with E-state index < -0.39 is 0 Å². The minimum atomic E-state index is 0.641. The van der Waals surface area contributed by atoms with Crippen LogP contribution < -0.4 is 5.32 Å². The maximum absolute atomic E-state index is 3.82. The van der Waals surface area contributed by atoms with Crippen molar-refractivity contribution in [3.63, 3.8) is 0 Å². The number of hydrogen-bond acceptors (Lipinski definition) is 2. The fourth-order valence-electron chi connectivity index (χ4n) is 2.81. The van der Waals surface area contributed by atoms with Crippen LogP contribution in [0.5, 0.6) is 0 Å². The summed E-state index contributed by atoms with van der Waals surface area (Å²) in [5.41, 5.74) is 0. The zero-order valence-corrected chi connectivity index (χ0v) is 12.3. The summed E-state index contributed by atoms with van der Waals surface area (Å²) in [6, 6.07) is 1.35. The molecule has 3 unspecified atom stereocenters. The number of likely N-dealkylation sites (tertiary alicyclic amines) is 1. The van der Waals surface area contributed by atoms with Crippen LogP contribution in [0, 0.1) is 5.92 Å². The molecular formula is C15H32N2. The smallest absolute Gasteiger partial charge is 0.0169 e. The van der Waals surface area contributed by atoms with Crippen LogP contribution in [0.2, 0.25) is 0 Å². The van der Waals surface area contributed by atoms with Crippen LogP contribution in [-0.2, 0) is 0 Å². The lowest BCUT2D eigenvalue weighted by atomic mass is 9.97. The Balaban J connectivity index is 2.23. The van der Waals surface area contributed by atoms with Gasteiger partial charge in [0.05, 0.1) is 0 Å². The number of rotatable bonds is 8. The Morgan fingerprint density at radius 3 is 2.24 bits per heavy atom. The monoisotopic (exact) mass is 240 g/mol. The van der Waals surface area contributed by atoms with Crippen molar-refractivity contribution in [1.82, 2.24) is 10.2 Å². The average molecular weight is 240 g/mol. The van der Waals surface area contributed by atoms with Crippen LogP contribution in [0.15, 0.2) is 0 Å². The van der Waals surface area contributed by atoms with Gasteiger partial charge in [-0.2, -0.15) is 0 Å². The molecule has 1 heterocycles. The third-order valence-corrected chi connectivity index (χ3v) is 4.13. The average Bonchev–Trinajstić information content (AvgIpc) is 2.80. The number of nitrogens with zero attached hydrogens (tertiary/aromatic N) is 1. The molecule has 1 rings (SSSR count). The van der Waals surface area contributed by atoms with Crippen LogP contribution in [0.25, 0.3) is 0 Å². The fraction of sp³-hybridized carbons (Fsp3) is 1.00. The summed E-state index contributed by atoms with van der Waals surface area (Å²) in [5, 5.41) is 3.82. The SMILES string of the molecule is CCC(C)CC(CC)NC(C)CN1CCCC1. The van der Waals surface area contributed by atoms with E-state index >= 15 is 0 Å². The van der Waals surface area contributed by atoms with E-state index in [0.717, 1.165) is 5.92 Å². The Kier molecular flexibility index (Phi) is 7.14. The first-order chi connectivity index (χ1) is 8.15. The second-order valence-electron chi connectivity index (χ2n) is 5.93. The highest BCUT2D eigenvalue weighted by Crippen LogP contribution is 2.13. The molecule has 1 fully saturated rings. The first-order valence-electron chi connectivity index (χ1n) is 7.64. The lowest BCUT2D eigenvalue weighted by Crippen LogP contribution is -2.43. The fourth-order valence-corrected chi connectivity index (χ4v) is 2.81. The molecular weight excluding hydrogens is 208 g/mol. The molecule has 0 aromatic rings. The maximum Gasteiger partial charge on any atom is 0.0169 e. The Morgan fingerprint density at radius 2 is 1.71 bits per heavy atom. The molecule has 1 saturated heterocycles. The summed E-state index contributed by atoms with van der Waals surface area (Å²) in [7, 11) is 0. The molecule has 17 heavy (non-hydrogen) atoms. The molecule has 3 atom stereocenters. The minimum absolute atomic E-state index is 0.641. The summed E-state index contributed by atoms with van der Waals surface area (Å²) < 4.78 is 0. The van der Waals surface area contributed by atoms with E-state index in [-0.39, 0.29) is 0 Å². The van der Waals surface area contributed by atoms with Crippen LogP contribution >= 0.6 is 0 Å². The summed E-state index contributed by atoms with van der Waals surface area (Å²) in [5.74, 6) is 0.853. The van der Waals surface area contributed by atoms with Gasteiger partial charge in [-0.25, -0.2) is 0 Å². The Bertz CT molecular complexity index is 187. The van der Waals surface area contributed by atoms with E-state index in [2.05, 4.69) is 37.9 Å². The molecule has 2 nitrogen and oxygen atoms in total. The third-order valence-electron chi connectivity index (χ3n) is 4.13. The lowest BCUT2D eigenvalue weighted by molar-refractivity contribution is 0.271. The zero-order chi connectivity index (χ0) is 12.7. The van der Waals surface area contributed by atoms with E-state index in [9.17, 15) is 0 Å². The van der Waals surface area contributed by atoms with Crippen molar-refractivity contribution in [3.05, 3.63) is 0 Å². The molecule has 0 spiro atoms. The minimum Gasteiger partial charge on any atom is -0.310 e. The highest BCUT2D eigenvalue weighted by atomic mass is 15.2. The van der Waals surface area contributed by atoms with E-state index in [1.165, 1.54) is 51.7 Å². The number of nitrogens with one attached hydrogen (secondary N) is 1. The summed E-state index contributed by atoms with van der Waals surface area (Å²) in [6.07, 6.45) is 6.69. The molecule has 1 N–H and O–H groups in total. The predicted molar refractivity (Wildman–Crippen MR) is 76.4 cm³/mol. The second-order valence-corrected chi connectivity index (χ2v) is 5.93. The van der Waals surface area contributed by atoms with Gasteiger partial charge < -0.3 is 10.2 Å². The maximum atomic E-state index is 3.82. The van der Waals surface area contributed by atoms with Crippen molar-refractivity contribution >= 4 is 0 Å². The van der Waals surface area contributed by atoms with Gasteiger partial charge in [0.25, 0.3) is 0 Å². The largest absolute Gasteiger partial charge is 0.310 e. The van der Waals surface area contributed by atoms with Gasteiger partial charge in [-0.1, -0.05) is 27.2 Å². The van der Waals surface area contributed by atoms with Crippen LogP contribution in [0.1, 0.15) is 59.8 Å². The molecule has 0 aromatic carbocycles. The summed E-state index contributed by atoms with van der Waals surface area (Å²) in [4.78, 5) is 2.60. The summed E-state index contributed by atoms with van der Waals surface area (Å²) >= 11 is 0. The Hall–Kier alpha value is -0.0800. The van der Waals surface area contributed by atoms with Crippen molar-refractivity contribution in [2.24, 2.45) is 5.92 Å². The first kappa shape index (κ1) is 15.0. The highest BCUT2D eigenvalue weighted by Gasteiger charge is 2.17. The zero-order valence-electron chi connectivity index (χ0n) is 12.3. The van der Waals surface area contributed by atoms with Crippen LogP contribution in [0.3, 0.4) is 0 Å². The molecule has 2 heteroatoms. The van der Waals surface area contributed by atoms with Crippen molar-refractivity contribution in [2.45, 2.75) is 71.9 Å². The van der Waals surface area contributed by atoms with Crippen molar-refractivity contribution in [1.29, 1.82) is 0 Å². The van der Waals surface area contributed by atoms with Gasteiger partial charge in [-0.05, 0) is 51.6 Å². The second kappa shape index (κ2) is 8.10. The van der Waals surface area contributed by atoms with E-state index in [1.807, 2.05) is 0 Å². The highest BCUT2D eigenvalue weighted by molar-refractivity contribution is 4.77. The molecule has 0 radical (unpaired) electrons. The Labute approximate surface area is 108 Å². The lowest BCUT2D eigenvalue weighted by Gasteiger charge is -2.27. The van der Waals surface area contributed by atoms with Gasteiger partial charge in [0.15, 0.2) is 0 Å². The molecule has 0 amide bonds. The molecule has 0 saturated carbocycles. The van der Waals surface area contributed by atoms with E-state index in [1.54, 1.807) is 0 Å². The number of hydrogen-bond donors (Lipinski definition) is 1. The van der Waals surface area contributed by atoms with Gasteiger partial charge in [0, 0.05) is 18.6 Å². The normalized spacial score (nSPS) is 22.6. The van der Waals surface area contributed by atoms with Crippen LogP contribution in [0.4, 0.5) is 0 Å². The van der Waals surface area contributed by atoms with Gasteiger partial charge in [-0.15, -0.1) is 0 Å². The van der Waals surface area contributed by atoms with Crippen molar-refractivity contribution < 1.29 is 0 Å². The quantitative estimate of drug-likeness (QED) is 0.700. The molecule has 0 bridgehead atoms. The van der Waals surface area contributed by atoms with Crippen molar-refractivity contribution in [2.75, 3.05) is 19.6 Å². The van der Waals surface area contributed by atoms with Gasteiger partial charge in [-0.3, -0.25) is 0 Å². The molecule has 1 aliphatic heterocycles. The van der Waals surface area contributed by atoms with E-state index in [0.29, 0.717) is 12.1 Å². The Morgan fingerprint density at radius 1 is 1.06 bits per heavy atom. The molecule has 1 aliphatic rings. The topological polar surface area (TPSA) is 15.3 Å². The van der Waals surface area contributed by atoms with E-state index in [4.69, 9.17) is 0 Å². The predicted octanol–water partition coefficient (Wildman–Crippen LogP) is 3.28. The summed E-state index contributed by atoms with van der Waals surface area (Å²) in [6.45, 7) is 13.2. The molecule has 0 aromatic heterocycles. The standard InChI is InChI=1S/C15H32N2/c1-5-13(3)11-15(6-2)16-14(4)12-17-9-7-8-10-17/h13-16H,5-12H2,1-4H3. The third kappa shape index (κ3) is 5.87. The molecule has 102 valence electrons. The van der Waals surface area contributed by atoms with Crippen molar-refractivity contribution in [3.8, 4) is 0 Å².